The summed E-state index contributed by atoms with van der Waals surface area (Å²) in [6, 6.07) is 0.505. The molecule has 34 heavy (non-hydrogen) atoms. The highest BCUT2D eigenvalue weighted by Gasteiger charge is 2.47. The minimum atomic E-state index is -4.45. The van der Waals surface area contributed by atoms with E-state index in [4.69, 9.17) is 21.1 Å². The van der Waals surface area contributed by atoms with Gasteiger partial charge in [0.05, 0.1) is 12.8 Å². The van der Waals surface area contributed by atoms with Gasteiger partial charge >= 0.3 is 5.51 Å². The van der Waals surface area contributed by atoms with Crippen molar-refractivity contribution < 1.29 is 32.9 Å². The van der Waals surface area contributed by atoms with E-state index in [0.29, 0.717) is 20.8 Å². The normalized spacial score (nSPS) is 25.6. The van der Waals surface area contributed by atoms with Gasteiger partial charge in [-0.25, -0.2) is 9.67 Å². The van der Waals surface area contributed by atoms with Gasteiger partial charge in [-0.15, -0.1) is 16.4 Å². The highest BCUT2D eigenvalue weighted by atomic mass is 35.5. The van der Waals surface area contributed by atoms with Gasteiger partial charge in [0.25, 0.3) is 0 Å². The molecule has 3 aromatic heterocycles. The van der Waals surface area contributed by atoms with Gasteiger partial charge in [0.15, 0.2) is 0 Å². The number of methoxy groups -OCH3 is 1. The van der Waals surface area contributed by atoms with Gasteiger partial charge in [0.1, 0.15) is 45.6 Å². The summed E-state index contributed by atoms with van der Waals surface area (Å²) < 4.78 is 51.1. The maximum Gasteiger partial charge on any atom is 0.446 e. The van der Waals surface area contributed by atoms with Crippen molar-refractivity contribution in [3.63, 3.8) is 0 Å². The Morgan fingerprint density at radius 2 is 2.09 bits per heavy atom. The molecule has 3 aromatic rings. The van der Waals surface area contributed by atoms with E-state index in [0.717, 1.165) is 18.0 Å². The molecule has 1 saturated heterocycles. The first-order valence-corrected chi connectivity index (χ1v) is 12.5. The van der Waals surface area contributed by atoms with E-state index in [2.05, 4.69) is 20.3 Å². The summed E-state index contributed by atoms with van der Waals surface area (Å²) in [4.78, 5) is 8.33. The van der Waals surface area contributed by atoms with Crippen molar-refractivity contribution in [2.24, 2.45) is 0 Å². The number of aliphatic hydroxyl groups is 2. The molecule has 1 aliphatic rings. The zero-order chi connectivity index (χ0) is 24.5. The average molecular weight is 556 g/mol. The molecule has 0 spiro atoms. The summed E-state index contributed by atoms with van der Waals surface area (Å²) in [5, 5.41) is 31.3. The van der Waals surface area contributed by atoms with Crippen LogP contribution in [0, 0.1) is 0 Å². The quantitative estimate of drug-likeness (QED) is 0.420. The number of thioether (sulfide) groups is 2. The molecule has 4 heterocycles. The maximum atomic E-state index is 12.8. The molecule has 2 N–H and O–H groups in total. The van der Waals surface area contributed by atoms with Crippen molar-refractivity contribution in [1.29, 1.82) is 0 Å². The molecule has 5 atom stereocenters. The summed E-state index contributed by atoms with van der Waals surface area (Å²) in [6.45, 7) is -0.503. The predicted octanol–water partition coefficient (Wildman–Crippen LogP) is 3.49. The number of thiazole rings is 1. The Kier molecular flexibility index (Phi) is 8.03. The van der Waals surface area contributed by atoms with Crippen molar-refractivity contribution >= 4 is 46.5 Å². The number of hydrogen-bond donors (Lipinski definition) is 2. The Hall–Kier alpha value is -1.46. The molecule has 0 saturated carbocycles. The maximum absolute atomic E-state index is 12.8. The largest absolute Gasteiger partial charge is 0.446 e. The molecule has 0 aromatic carbocycles. The Bertz CT molecular complexity index is 1120. The third-order valence-corrected chi connectivity index (χ3v) is 7.77. The lowest BCUT2D eigenvalue weighted by molar-refractivity contribution is -0.186. The molecule has 1 aliphatic heterocycles. The lowest BCUT2D eigenvalue weighted by Gasteiger charge is -2.43. The molecular weight excluding hydrogens is 539 g/mol. The lowest BCUT2D eigenvalue weighted by Crippen LogP contribution is -2.55. The third kappa shape index (κ3) is 5.84. The van der Waals surface area contributed by atoms with Crippen LogP contribution in [0.1, 0.15) is 6.04 Å². The molecule has 0 aliphatic carbocycles. The molecular formula is C18H17ClF3N5O4S3. The zero-order valence-electron chi connectivity index (χ0n) is 17.2. The van der Waals surface area contributed by atoms with Crippen LogP contribution in [0.4, 0.5) is 13.2 Å². The number of ether oxygens (including phenoxy) is 2. The second-order valence-corrected chi connectivity index (χ2v) is 10.5. The Morgan fingerprint density at radius 3 is 2.74 bits per heavy atom. The Balaban J connectivity index is 1.61. The van der Waals surface area contributed by atoms with Crippen molar-refractivity contribution in [3.05, 3.63) is 35.2 Å². The molecule has 0 radical (unpaired) electrons. The first-order chi connectivity index (χ1) is 16.2. The number of hydrogen-bond acceptors (Lipinski definition) is 11. The molecule has 0 amide bonds. The van der Waals surface area contributed by atoms with E-state index in [1.165, 1.54) is 35.4 Å². The van der Waals surface area contributed by atoms with Crippen LogP contribution in [-0.2, 0) is 9.47 Å². The molecule has 0 bridgehead atoms. The fraction of sp³-hybridized carbons (Fsp3) is 0.444. The van der Waals surface area contributed by atoms with Crippen LogP contribution in [0.2, 0.25) is 5.15 Å². The monoisotopic (exact) mass is 555 g/mol. The summed E-state index contributed by atoms with van der Waals surface area (Å²) in [5.41, 5.74) is -4.84. The van der Waals surface area contributed by atoms with Crippen molar-refractivity contribution in [1.82, 2.24) is 25.0 Å². The van der Waals surface area contributed by atoms with Crippen LogP contribution in [-0.4, -0.2) is 78.1 Å². The van der Waals surface area contributed by atoms with Gasteiger partial charge in [-0.1, -0.05) is 28.6 Å². The highest BCUT2D eigenvalue weighted by Crippen LogP contribution is 2.42. The second kappa shape index (κ2) is 10.7. The predicted molar refractivity (Wildman–Crippen MR) is 120 cm³/mol. The SMILES string of the molecule is CO[C@@H]1[C@@H](n2cc(-c3nc(Cl)cs3)nn2)[C@@H](O)[C@@H](CO)O[C@@H]1Sc1cncc(SC(F)(F)F)c1. The molecule has 184 valence electrons. The fourth-order valence-electron chi connectivity index (χ4n) is 3.39. The van der Waals surface area contributed by atoms with Crippen molar-refractivity contribution in [2.45, 2.75) is 45.1 Å². The first kappa shape index (κ1) is 25.6. The van der Waals surface area contributed by atoms with Crippen LogP contribution < -0.4 is 0 Å². The third-order valence-electron chi connectivity index (χ3n) is 4.78. The number of rotatable bonds is 7. The Labute approximate surface area is 208 Å². The van der Waals surface area contributed by atoms with E-state index < -0.39 is 41.9 Å². The van der Waals surface area contributed by atoms with Crippen molar-refractivity contribution in [2.75, 3.05) is 13.7 Å². The smallest absolute Gasteiger partial charge is 0.394 e. The van der Waals surface area contributed by atoms with E-state index in [9.17, 15) is 23.4 Å². The molecule has 9 nitrogen and oxygen atoms in total. The van der Waals surface area contributed by atoms with Gasteiger partial charge in [0, 0.05) is 34.7 Å². The molecule has 4 rings (SSSR count). The molecule has 16 heteroatoms. The lowest BCUT2D eigenvalue weighted by atomic mass is 9.97. The number of alkyl halides is 3. The number of aliphatic hydroxyl groups excluding tert-OH is 2. The molecule has 0 unspecified atom stereocenters. The second-order valence-electron chi connectivity index (χ2n) is 6.99. The summed E-state index contributed by atoms with van der Waals surface area (Å²) in [5.74, 6) is 0. The average Bonchev–Trinajstić information content (AvgIpc) is 3.42. The van der Waals surface area contributed by atoms with E-state index in [1.54, 1.807) is 11.6 Å². The van der Waals surface area contributed by atoms with Crippen LogP contribution in [0.5, 0.6) is 0 Å². The first-order valence-electron chi connectivity index (χ1n) is 9.56. The minimum absolute atomic E-state index is 0.0828. The van der Waals surface area contributed by atoms with Crippen LogP contribution in [0.25, 0.3) is 10.7 Å². The van der Waals surface area contributed by atoms with Gasteiger partial charge in [-0.05, 0) is 17.8 Å². The van der Waals surface area contributed by atoms with Crippen molar-refractivity contribution in [3.8, 4) is 10.7 Å². The number of nitrogens with zero attached hydrogens (tertiary/aromatic N) is 5. The van der Waals surface area contributed by atoms with E-state index in [-0.39, 0.29) is 16.7 Å². The number of halogens is 4. The number of pyridine rings is 1. The highest BCUT2D eigenvalue weighted by molar-refractivity contribution is 8.00. The zero-order valence-corrected chi connectivity index (χ0v) is 20.4. The molecule has 1 fully saturated rings. The van der Waals surface area contributed by atoms with Crippen LogP contribution in [0.3, 0.4) is 0 Å². The number of aromatic nitrogens is 5. The van der Waals surface area contributed by atoms with Gasteiger partial charge in [-0.3, -0.25) is 4.98 Å². The van der Waals surface area contributed by atoms with Crippen LogP contribution in [0.15, 0.2) is 39.8 Å². The summed E-state index contributed by atoms with van der Waals surface area (Å²) in [7, 11) is 1.41. The van der Waals surface area contributed by atoms with E-state index >= 15 is 0 Å². The summed E-state index contributed by atoms with van der Waals surface area (Å²) >= 11 is 7.94. The summed E-state index contributed by atoms with van der Waals surface area (Å²) in [6.07, 6.45) is 1.05. The fourth-order valence-corrected chi connectivity index (χ4v) is 6.11. The Morgan fingerprint density at radius 1 is 1.32 bits per heavy atom. The topological polar surface area (TPSA) is 115 Å². The van der Waals surface area contributed by atoms with Crippen LogP contribution >= 0.6 is 46.5 Å². The van der Waals surface area contributed by atoms with Gasteiger partial charge < -0.3 is 19.7 Å². The minimum Gasteiger partial charge on any atom is -0.394 e. The van der Waals surface area contributed by atoms with E-state index in [1.807, 2.05) is 0 Å². The standard InChI is InChI=1S/C18H17ClF3N5O4S3/c1-30-15-13(27-5-10(25-26-27)16-24-12(19)7-32-16)14(29)11(6-28)31-17(15)33-8-2-9(4-23-3-8)34-18(20,21)22/h2-5,7,11,13-15,17,28-29H,6H2,1H3/t11-,13+,14+,15-,17-/m1/s1. The van der Waals surface area contributed by atoms with Gasteiger partial charge in [-0.2, -0.15) is 13.2 Å². The van der Waals surface area contributed by atoms with Gasteiger partial charge in [0.2, 0.25) is 0 Å².